The number of nitrogen functional groups attached to an aromatic ring is 1. The smallest absolute Gasteiger partial charge is 0.242 e. The van der Waals surface area contributed by atoms with Gasteiger partial charge in [-0.3, -0.25) is 0 Å². The lowest BCUT2D eigenvalue weighted by Gasteiger charge is -2.34. The van der Waals surface area contributed by atoms with E-state index in [-0.39, 0.29) is 0 Å². The van der Waals surface area contributed by atoms with Crippen LogP contribution in [0.25, 0.3) is 0 Å². The van der Waals surface area contributed by atoms with Crippen molar-refractivity contribution in [3.05, 3.63) is 6.33 Å². The van der Waals surface area contributed by atoms with Crippen LogP contribution in [-0.2, 0) is 0 Å². The summed E-state index contributed by atoms with van der Waals surface area (Å²) in [7, 11) is 0. The maximum absolute atomic E-state index is 6.03. The van der Waals surface area contributed by atoms with E-state index in [1.165, 1.54) is 19.2 Å². The first-order chi connectivity index (χ1) is 9.02. The van der Waals surface area contributed by atoms with Crippen LogP contribution in [0.5, 0.6) is 5.88 Å². The molecule has 0 atom stereocenters. The maximum Gasteiger partial charge on any atom is 0.242 e. The molecule has 5 nitrogen and oxygen atoms in total. The summed E-state index contributed by atoms with van der Waals surface area (Å²) in [6.07, 6.45) is 6.26. The average molecular weight is 264 g/mol. The number of aromatic nitrogens is 2. The number of anilines is 2. The van der Waals surface area contributed by atoms with Crippen LogP contribution in [0.4, 0.5) is 11.5 Å². The lowest BCUT2D eigenvalue weighted by molar-refractivity contribution is 0.232. The van der Waals surface area contributed by atoms with Gasteiger partial charge >= 0.3 is 0 Å². The number of hydrogen-bond acceptors (Lipinski definition) is 5. The third-order valence-corrected chi connectivity index (χ3v) is 3.81. The van der Waals surface area contributed by atoms with Gasteiger partial charge in [0.25, 0.3) is 0 Å². The second-order valence-electron chi connectivity index (χ2n) is 5.96. The molecule has 0 aromatic carbocycles. The van der Waals surface area contributed by atoms with Gasteiger partial charge in [0.2, 0.25) is 5.88 Å². The normalized spacial score (nSPS) is 19.1. The molecule has 3 N–H and O–H groups in total. The van der Waals surface area contributed by atoms with Gasteiger partial charge in [-0.1, -0.05) is 13.8 Å². The van der Waals surface area contributed by atoms with E-state index in [1.807, 2.05) is 6.92 Å². The minimum absolute atomic E-state index is 0.444. The molecular weight excluding hydrogens is 240 g/mol. The Hall–Kier alpha value is -1.52. The molecule has 2 rings (SSSR count). The molecule has 0 unspecified atom stereocenters. The fourth-order valence-electron chi connectivity index (χ4n) is 2.48. The zero-order valence-corrected chi connectivity index (χ0v) is 12.1. The molecule has 1 aromatic heterocycles. The third kappa shape index (κ3) is 3.49. The summed E-state index contributed by atoms with van der Waals surface area (Å²) in [6.45, 7) is 7.13. The van der Waals surface area contributed by atoms with Crippen LogP contribution < -0.4 is 15.8 Å². The Morgan fingerprint density at radius 3 is 2.68 bits per heavy atom. The van der Waals surface area contributed by atoms with Gasteiger partial charge in [0.05, 0.1) is 6.61 Å². The summed E-state index contributed by atoms with van der Waals surface area (Å²) in [5.41, 5.74) is 7.00. The van der Waals surface area contributed by atoms with Gasteiger partial charge in [-0.2, -0.15) is 4.98 Å². The summed E-state index contributed by atoms with van der Waals surface area (Å²) in [5.74, 6) is 1.17. The SMILES string of the molecule is CCOc1ncnc(NC2CCC(C)(C)CC2)c1N. The quantitative estimate of drug-likeness (QED) is 0.874. The Morgan fingerprint density at radius 1 is 1.37 bits per heavy atom. The highest BCUT2D eigenvalue weighted by atomic mass is 16.5. The second kappa shape index (κ2) is 5.63. The number of nitrogens with zero attached hydrogens (tertiary/aromatic N) is 2. The van der Waals surface area contributed by atoms with Crippen LogP contribution in [0.2, 0.25) is 0 Å². The number of nitrogens with one attached hydrogen (secondary N) is 1. The predicted octanol–water partition coefficient (Wildman–Crippen LogP) is 2.84. The van der Waals surface area contributed by atoms with Crippen molar-refractivity contribution in [1.82, 2.24) is 9.97 Å². The van der Waals surface area contributed by atoms with Crippen LogP contribution in [0, 0.1) is 5.41 Å². The molecule has 1 aliphatic rings. The van der Waals surface area contributed by atoms with E-state index in [9.17, 15) is 0 Å². The molecule has 1 saturated carbocycles. The number of nitrogens with two attached hydrogens (primary N) is 1. The third-order valence-electron chi connectivity index (χ3n) is 3.81. The van der Waals surface area contributed by atoms with Gasteiger partial charge in [-0.25, -0.2) is 4.98 Å². The monoisotopic (exact) mass is 264 g/mol. The van der Waals surface area contributed by atoms with Crippen LogP contribution >= 0.6 is 0 Å². The Kier molecular flexibility index (Phi) is 4.12. The van der Waals surface area contributed by atoms with Crippen molar-refractivity contribution in [2.75, 3.05) is 17.7 Å². The summed E-state index contributed by atoms with van der Waals surface area (Å²) in [6, 6.07) is 0.444. The first-order valence-corrected chi connectivity index (χ1v) is 7.01. The largest absolute Gasteiger partial charge is 0.476 e. The van der Waals surface area contributed by atoms with Gasteiger partial charge in [0, 0.05) is 6.04 Å². The van der Waals surface area contributed by atoms with Crippen LogP contribution in [0.3, 0.4) is 0 Å². The van der Waals surface area contributed by atoms with Crippen molar-refractivity contribution < 1.29 is 4.74 Å². The van der Waals surface area contributed by atoms with Crippen molar-refractivity contribution in [2.45, 2.75) is 52.5 Å². The Bertz CT molecular complexity index is 423. The highest BCUT2D eigenvalue weighted by Crippen LogP contribution is 2.36. The van der Waals surface area contributed by atoms with Crippen molar-refractivity contribution >= 4 is 11.5 Å². The van der Waals surface area contributed by atoms with Gasteiger partial charge < -0.3 is 15.8 Å². The summed E-state index contributed by atoms with van der Waals surface area (Å²) >= 11 is 0. The van der Waals surface area contributed by atoms with Crippen molar-refractivity contribution in [3.63, 3.8) is 0 Å². The van der Waals surface area contributed by atoms with Crippen molar-refractivity contribution in [2.24, 2.45) is 5.41 Å². The lowest BCUT2D eigenvalue weighted by Crippen LogP contribution is -2.30. The van der Waals surface area contributed by atoms with Crippen LogP contribution in [0.1, 0.15) is 46.5 Å². The van der Waals surface area contributed by atoms with Gasteiger partial charge in [0.1, 0.15) is 12.0 Å². The maximum atomic E-state index is 6.03. The van der Waals surface area contributed by atoms with E-state index < -0.39 is 0 Å². The lowest BCUT2D eigenvalue weighted by atomic mass is 9.75. The first kappa shape index (κ1) is 13.9. The van der Waals surface area contributed by atoms with Gasteiger partial charge in [-0.05, 0) is 38.0 Å². The second-order valence-corrected chi connectivity index (χ2v) is 5.96. The fourth-order valence-corrected chi connectivity index (χ4v) is 2.48. The molecular formula is C14H24N4O. The molecule has 0 bridgehead atoms. The molecule has 1 aliphatic carbocycles. The minimum atomic E-state index is 0.444. The molecule has 5 heteroatoms. The summed E-state index contributed by atoms with van der Waals surface area (Å²) in [4.78, 5) is 8.27. The number of hydrogen-bond donors (Lipinski definition) is 2. The average Bonchev–Trinajstić information content (AvgIpc) is 2.37. The highest BCUT2D eigenvalue weighted by molar-refractivity contribution is 5.66. The number of rotatable bonds is 4. The Labute approximate surface area is 115 Å². The fraction of sp³-hybridized carbons (Fsp3) is 0.714. The van der Waals surface area contributed by atoms with Gasteiger partial charge in [-0.15, -0.1) is 0 Å². The molecule has 106 valence electrons. The minimum Gasteiger partial charge on any atom is -0.476 e. The zero-order valence-electron chi connectivity index (χ0n) is 12.1. The van der Waals surface area contributed by atoms with Crippen LogP contribution in [0.15, 0.2) is 6.33 Å². The van der Waals surface area contributed by atoms with E-state index in [4.69, 9.17) is 10.5 Å². The Balaban J connectivity index is 2.02. The van der Waals surface area contributed by atoms with E-state index >= 15 is 0 Å². The number of ether oxygens (including phenoxy) is 1. The molecule has 1 aromatic rings. The van der Waals surface area contributed by atoms with Crippen LogP contribution in [-0.4, -0.2) is 22.6 Å². The molecule has 0 amide bonds. The molecule has 0 radical (unpaired) electrons. The molecule has 1 fully saturated rings. The molecule has 0 saturated heterocycles. The topological polar surface area (TPSA) is 73.1 Å². The first-order valence-electron chi connectivity index (χ1n) is 7.01. The van der Waals surface area contributed by atoms with E-state index in [1.54, 1.807) is 0 Å². The van der Waals surface area contributed by atoms with Crippen molar-refractivity contribution in [1.29, 1.82) is 0 Å². The zero-order chi connectivity index (χ0) is 13.9. The highest BCUT2D eigenvalue weighted by Gasteiger charge is 2.27. The molecule has 1 heterocycles. The van der Waals surface area contributed by atoms with E-state index in [0.29, 0.717) is 35.4 Å². The Morgan fingerprint density at radius 2 is 2.05 bits per heavy atom. The summed E-state index contributed by atoms with van der Waals surface area (Å²) in [5, 5.41) is 3.43. The van der Waals surface area contributed by atoms with E-state index in [0.717, 1.165) is 12.8 Å². The van der Waals surface area contributed by atoms with Gasteiger partial charge in [0.15, 0.2) is 5.82 Å². The molecule has 19 heavy (non-hydrogen) atoms. The molecule has 0 aliphatic heterocycles. The molecule has 0 spiro atoms. The summed E-state index contributed by atoms with van der Waals surface area (Å²) < 4.78 is 5.38. The van der Waals surface area contributed by atoms with E-state index in [2.05, 4.69) is 29.1 Å². The van der Waals surface area contributed by atoms with Crippen molar-refractivity contribution in [3.8, 4) is 5.88 Å². The predicted molar refractivity (Wildman–Crippen MR) is 77.3 cm³/mol. The standard InChI is InChI=1S/C14H24N4O/c1-4-19-13-11(15)12(16-9-17-13)18-10-5-7-14(2,3)8-6-10/h9-10H,4-8,15H2,1-3H3,(H,16,17,18).